The number of urea groups is 1. The van der Waals surface area contributed by atoms with Crippen molar-refractivity contribution >= 4 is 34.9 Å². The van der Waals surface area contributed by atoms with Gasteiger partial charge in [-0.1, -0.05) is 35.3 Å². The Balaban J connectivity index is 1.92. The Morgan fingerprint density at radius 2 is 1.95 bits per heavy atom. The second-order valence-electron chi connectivity index (χ2n) is 4.05. The Kier molecular flexibility index (Phi) is 4.82. The smallest absolute Gasteiger partial charge is 0.319 e. The minimum Gasteiger partial charge on any atom is -0.334 e. The molecule has 0 bridgehead atoms. The van der Waals surface area contributed by atoms with Gasteiger partial charge in [0.15, 0.2) is 0 Å². The third-order valence-corrected chi connectivity index (χ3v) is 3.12. The SMILES string of the molecule is O=C(NCc1ccc(F)cc1Cl)Nc1cccc(Cl)c1. The van der Waals surface area contributed by atoms with Crippen LogP contribution in [-0.2, 0) is 6.54 Å². The molecule has 2 N–H and O–H groups in total. The lowest BCUT2D eigenvalue weighted by Crippen LogP contribution is -2.28. The summed E-state index contributed by atoms with van der Waals surface area (Å²) in [5.74, 6) is -0.415. The van der Waals surface area contributed by atoms with Gasteiger partial charge in [0.25, 0.3) is 0 Å². The van der Waals surface area contributed by atoms with E-state index < -0.39 is 11.8 Å². The van der Waals surface area contributed by atoms with Crippen molar-refractivity contribution in [2.24, 2.45) is 0 Å². The van der Waals surface area contributed by atoms with E-state index >= 15 is 0 Å². The molecule has 3 nitrogen and oxygen atoms in total. The van der Waals surface area contributed by atoms with Crippen molar-refractivity contribution in [2.45, 2.75) is 6.54 Å². The van der Waals surface area contributed by atoms with E-state index in [2.05, 4.69) is 10.6 Å². The van der Waals surface area contributed by atoms with Crippen LogP contribution in [0.3, 0.4) is 0 Å². The van der Waals surface area contributed by atoms with Gasteiger partial charge >= 0.3 is 6.03 Å². The molecular weight excluding hydrogens is 302 g/mol. The molecule has 2 aromatic carbocycles. The maximum Gasteiger partial charge on any atom is 0.319 e. The highest BCUT2D eigenvalue weighted by Crippen LogP contribution is 2.17. The fourth-order valence-electron chi connectivity index (χ4n) is 1.58. The lowest BCUT2D eigenvalue weighted by atomic mass is 10.2. The van der Waals surface area contributed by atoms with Crippen LogP contribution < -0.4 is 10.6 Å². The summed E-state index contributed by atoms with van der Waals surface area (Å²) in [5.41, 5.74) is 1.22. The average molecular weight is 313 g/mol. The molecule has 0 aliphatic carbocycles. The van der Waals surface area contributed by atoms with Crippen LogP contribution in [0.1, 0.15) is 5.56 Å². The number of halogens is 3. The van der Waals surface area contributed by atoms with Crippen molar-refractivity contribution in [2.75, 3.05) is 5.32 Å². The summed E-state index contributed by atoms with van der Waals surface area (Å²) in [6.45, 7) is 0.200. The molecule has 0 aliphatic heterocycles. The average Bonchev–Trinajstić information content (AvgIpc) is 2.37. The highest BCUT2D eigenvalue weighted by molar-refractivity contribution is 6.31. The molecule has 2 aromatic rings. The lowest BCUT2D eigenvalue weighted by molar-refractivity contribution is 0.252. The first-order valence-electron chi connectivity index (χ1n) is 5.79. The molecule has 0 fully saturated rings. The van der Waals surface area contributed by atoms with Gasteiger partial charge in [0.05, 0.1) is 0 Å². The third-order valence-electron chi connectivity index (χ3n) is 2.54. The number of rotatable bonds is 3. The van der Waals surface area contributed by atoms with Crippen molar-refractivity contribution < 1.29 is 9.18 Å². The topological polar surface area (TPSA) is 41.1 Å². The van der Waals surface area contributed by atoms with Crippen molar-refractivity contribution in [3.8, 4) is 0 Å². The summed E-state index contributed by atoms with van der Waals surface area (Å²) in [5, 5.41) is 6.06. The van der Waals surface area contributed by atoms with Crippen LogP contribution in [0.4, 0.5) is 14.9 Å². The largest absolute Gasteiger partial charge is 0.334 e. The van der Waals surface area contributed by atoms with Gasteiger partial charge in [-0.05, 0) is 35.9 Å². The highest BCUT2D eigenvalue weighted by atomic mass is 35.5. The molecule has 0 saturated heterocycles. The van der Waals surface area contributed by atoms with Gasteiger partial charge in [0, 0.05) is 22.3 Å². The van der Waals surface area contributed by atoms with Crippen LogP contribution in [0.25, 0.3) is 0 Å². The number of hydrogen-bond acceptors (Lipinski definition) is 1. The highest BCUT2D eigenvalue weighted by Gasteiger charge is 2.05. The van der Waals surface area contributed by atoms with Gasteiger partial charge in [0.1, 0.15) is 5.82 Å². The molecule has 0 radical (unpaired) electrons. The van der Waals surface area contributed by atoms with Crippen LogP contribution in [0.2, 0.25) is 10.0 Å². The number of carbonyl (C=O) groups is 1. The molecule has 0 heterocycles. The number of amides is 2. The fraction of sp³-hybridized carbons (Fsp3) is 0.0714. The van der Waals surface area contributed by atoms with Crippen LogP contribution in [0.15, 0.2) is 42.5 Å². The molecule has 2 amide bonds. The maximum absolute atomic E-state index is 12.9. The fourth-order valence-corrected chi connectivity index (χ4v) is 2.01. The van der Waals surface area contributed by atoms with Gasteiger partial charge in [-0.15, -0.1) is 0 Å². The zero-order valence-electron chi connectivity index (χ0n) is 10.3. The van der Waals surface area contributed by atoms with Crippen molar-refractivity contribution in [1.29, 1.82) is 0 Å². The van der Waals surface area contributed by atoms with E-state index in [1.54, 1.807) is 24.3 Å². The Morgan fingerprint density at radius 3 is 2.65 bits per heavy atom. The summed E-state index contributed by atoms with van der Waals surface area (Å²) in [6.07, 6.45) is 0. The number of benzene rings is 2. The predicted octanol–water partition coefficient (Wildman–Crippen LogP) is 4.45. The molecule has 0 atom stereocenters. The molecular formula is C14H11Cl2FN2O. The number of nitrogens with one attached hydrogen (secondary N) is 2. The zero-order valence-corrected chi connectivity index (χ0v) is 11.8. The quantitative estimate of drug-likeness (QED) is 0.863. The predicted molar refractivity (Wildman–Crippen MR) is 78.7 cm³/mol. The molecule has 0 aliphatic rings. The van der Waals surface area contributed by atoms with Crippen LogP contribution in [0.5, 0.6) is 0 Å². The first-order chi connectivity index (χ1) is 9.54. The first kappa shape index (κ1) is 14.6. The minimum atomic E-state index is -0.415. The molecule has 0 aromatic heterocycles. The summed E-state index contributed by atoms with van der Waals surface area (Å²) in [6, 6.07) is 10.4. The Morgan fingerprint density at radius 1 is 1.15 bits per heavy atom. The standard InChI is InChI=1S/C14H11Cl2FN2O/c15-10-2-1-3-12(6-10)19-14(20)18-8-9-4-5-11(17)7-13(9)16/h1-7H,8H2,(H2,18,19,20). The number of carbonyl (C=O) groups excluding carboxylic acids is 1. The van der Waals surface area contributed by atoms with Gasteiger partial charge in [0.2, 0.25) is 0 Å². The molecule has 6 heteroatoms. The lowest BCUT2D eigenvalue weighted by Gasteiger charge is -2.09. The van der Waals surface area contributed by atoms with Crippen LogP contribution in [0, 0.1) is 5.82 Å². The first-order valence-corrected chi connectivity index (χ1v) is 6.54. The monoisotopic (exact) mass is 312 g/mol. The van der Waals surface area contributed by atoms with Crippen LogP contribution in [-0.4, -0.2) is 6.03 Å². The van der Waals surface area contributed by atoms with Crippen LogP contribution >= 0.6 is 23.2 Å². The Bertz CT molecular complexity index is 634. The van der Waals surface area contributed by atoms with E-state index in [1.165, 1.54) is 18.2 Å². The maximum atomic E-state index is 12.9. The third kappa shape index (κ3) is 4.11. The summed E-state index contributed by atoms with van der Waals surface area (Å²) < 4.78 is 12.9. The zero-order chi connectivity index (χ0) is 14.5. The van der Waals surface area contributed by atoms with E-state index in [4.69, 9.17) is 23.2 Å². The van der Waals surface area contributed by atoms with Crippen molar-refractivity contribution in [3.63, 3.8) is 0 Å². The second kappa shape index (κ2) is 6.59. The Labute approximate surface area is 125 Å². The molecule has 20 heavy (non-hydrogen) atoms. The summed E-state index contributed by atoms with van der Waals surface area (Å²) in [4.78, 5) is 11.7. The summed E-state index contributed by atoms with van der Waals surface area (Å²) >= 11 is 11.7. The van der Waals surface area contributed by atoms with Crippen molar-refractivity contribution in [3.05, 3.63) is 63.9 Å². The van der Waals surface area contributed by atoms with E-state index in [-0.39, 0.29) is 11.6 Å². The molecule has 104 valence electrons. The molecule has 0 spiro atoms. The molecule has 0 saturated carbocycles. The van der Waals surface area contributed by atoms with Crippen molar-refractivity contribution in [1.82, 2.24) is 5.32 Å². The van der Waals surface area contributed by atoms with Gasteiger partial charge < -0.3 is 10.6 Å². The van der Waals surface area contributed by atoms with E-state index in [0.29, 0.717) is 16.3 Å². The van der Waals surface area contributed by atoms with Gasteiger partial charge in [-0.2, -0.15) is 0 Å². The van der Waals surface area contributed by atoms with Gasteiger partial charge in [-0.25, -0.2) is 9.18 Å². The molecule has 2 rings (SSSR count). The van der Waals surface area contributed by atoms with Gasteiger partial charge in [-0.3, -0.25) is 0 Å². The molecule has 0 unspecified atom stereocenters. The van der Waals surface area contributed by atoms with E-state index in [0.717, 1.165) is 0 Å². The summed E-state index contributed by atoms with van der Waals surface area (Å²) in [7, 11) is 0. The Hall–Kier alpha value is -1.78. The normalized spacial score (nSPS) is 10.2. The van der Waals surface area contributed by atoms with E-state index in [1.807, 2.05) is 0 Å². The minimum absolute atomic E-state index is 0.200. The van der Waals surface area contributed by atoms with E-state index in [9.17, 15) is 9.18 Å². The number of anilines is 1. The second-order valence-corrected chi connectivity index (χ2v) is 4.90. The number of hydrogen-bond donors (Lipinski definition) is 2.